The van der Waals surface area contributed by atoms with Crippen LogP contribution in [0.3, 0.4) is 0 Å². The normalized spacial score (nSPS) is 20.0. The number of ether oxygens (including phenoxy) is 1. The summed E-state index contributed by atoms with van der Waals surface area (Å²) in [4.78, 5) is 16.2. The van der Waals surface area contributed by atoms with Crippen molar-refractivity contribution < 1.29 is 9.53 Å². The van der Waals surface area contributed by atoms with E-state index in [9.17, 15) is 4.79 Å². The first-order valence-electron chi connectivity index (χ1n) is 7.30. The summed E-state index contributed by atoms with van der Waals surface area (Å²) in [6, 6.07) is 3.70. The van der Waals surface area contributed by atoms with Crippen LogP contribution in [0.1, 0.15) is 29.8 Å². The second-order valence-corrected chi connectivity index (χ2v) is 5.23. The molecule has 0 saturated carbocycles. The highest BCUT2D eigenvalue weighted by molar-refractivity contribution is 5.92. The summed E-state index contributed by atoms with van der Waals surface area (Å²) in [5.74, 6) is 0.828. The van der Waals surface area contributed by atoms with E-state index in [4.69, 9.17) is 4.74 Å². The van der Waals surface area contributed by atoms with Crippen LogP contribution in [-0.2, 0) is 4.74 Å². The Labute approximate surface area is 118 Å². The van der Waals surface area contributed by atoms with Crippen molar-refractivity contribution in [3.63, 3.8) is 0 Å². The molecule has 0 bridgehead atoms. The van der Waals surface area contributed by atoms with Gasteiger partial charge in [-0.05, 0) is 31.4 Å². The Morgan fingerprint density at radius 2 is 1.75 bits per heavy atom. The molecule has 3 heterocycles. The van der Waals surface area contributed by atoms with Gasteiger partial charge in [0.25, 0.3) is 5.91 Å². The molecular weight excluding hydrogens is 256 g/mol. The monoisotopic (exact) mass is 276 g/mol. The van der Waals surface area contributed by atoms with Gasteiger partial charge in [-0.25, -0.2) is 0 Å². The van der Waals surface area contributed by atoms with Gasteiger partial charge in [0.15, 0.2) is 11.5 Å². The number of aromatic nitrogens is 2. The zero-order chi connectivity index (χ0) is 13.8. The van der Waals surface area contributed by atoms with Crippen molar-refractivity contribution in [3.8, 4) is 0 Å². The minimum absolute atomic E-state index is 0.0500. The quantitative estimate of drug-likeness (QED) is 0.804. The lowest BCUT2D eigenvalue weighted by Gasteiger charge is -2.28. The van der Waals surface area contributed by atoms with Gasteiger partial charge in [-0.1, -0.05) is 0 Å². The van der Waals surface area contributed by atoms with Gasteiger partial charge in [0.1, 0.15) is 0 Å². The number of piperidine rings is 1. The summed E-state index contributed by atoms with van der Waals surface area (Å²) >= 11 is 0. The van der Waals surface area contributed by atoms with E-state index in [-0.39, 0.29) is 5.91 Å². The lowest BCUT2D eigenvalue weighted by molar-refractivity contribution is 0.0298. The van der Waals surface area contributed by atoms with Crippen LogP contribution < -0.4 is 4.90 Å². The van der Waals surface area contributed by atoms with E-state index in [1.807, 2.05) is 6.07 Å². The summed E-state index contributed by atoms with van der Waals surface area (Å²) in [5.41, 5.74) is 0.424. The van der Waals surface area contributed by atoms with Crippen LogP contribution in [0.5, 0.6) is 0 Å². The van der Waals surface area contributed by atoms with E-state index >= 15 is 0 Å². The zero-order valence-electron chi connectivity index (χ0n) is 11.6. The zero-order valence-corrected chi connectivity index (χ0v) is 11.6. The number of morpholine rings is 1. The molecule has 2 saturated heterocycles. The Morgan fingerprint density at radius 1 is 1.00 bits per heavy atom. The number of rotatable bonds is 2. The van der Waals surface area contributed by atoms with Gasteiger partial charge in [0.05, 0.1) is 13.2 Å². The number of carbonyl (C=O) groups is 1. The number of nitrogens with zero attached hydrogens (tertiary/aromatic N) is 4. The largest absolute Gasteiger partial charge is 0.378 e. The van der Waals surface area contributed by atoms with Crippen LogP contribution in [0.15, 0.2) is 12.1 Å². The molecule has 1 aromatic rings. The van der Waals surface area contributed by atoms with Crippen LogP contribution in [0.25, 0.3) is 0 Å². The lowest BCUT2D eigenvalue weighted by atomic mass is 10.1. The highest BCUT2D eigenvalue weighted by Crippen LogP contribution is 2.17. The third-order valence-electron chi connectivity index (χ3n) is 3.85. The standard InChI is InChI=1S/C14H20N4O2/c19-14(18-8-10-20-11-9-18)12-4-5-13(16-15-12)17-6-2-1-3-7-17/h4-5H,1-3,6-11H2. The van der Waals surface area contributed by atoms with Crippen LogP contribution in [0.2, 0.25) is 0 Å². The molecule has 0 N–H and O–H groups in total. The Hall–Kier alpha value is -1.69. The van der Waals surface area contributed by atoms with Crippen molar-refractivity contribution in [3.05, 3.63) is 17.8 Å². The third kappa shape index (κ3) is 2.90. The summed E-state index contributed by atoms with van der Waals surface area (Å²) in [7, 11) is 0. The Kier molecular flexibility index (Phi) is 4.11. The molecular formula is C14H20N4O2. The van der Waals surface area contributed by atoms with Gasteiger partial charge < -0.3 is 14.5 Å². The van der Waals surface area contributed by atoms with Gasteiger partial charge in [-0.2, -0.15) is 0 Å². The lowest BCUT2D eigenvalue weighted by Crippen LogP contribution is -2.41. The molecule has 6 nitrogen and oxygen atoms in total. The smallest absolute Gasteiger partial charge is 0.274 e. The highest BCUT2D eigenvalue weighted by atomic mass is 16.5. The maximum Gasteiger partial charge on any atom is 0.274 e. The number of anilines is 1. The molecule has 0 spiro atoms. The predicted molar refractivity (Wildman–Crippen MR) is 74.8 cm³/mol. The minimum atomic E-state index is -0.0500. The number of hydrogen-bond acceptors (Lipinski definition) is 5. The molecule has 1 amide bonds. The van der Waals surface area contributed by atoms with Crippen molar-refractivity contribution >= 4 is 11.7 Å². The fraction of sp³-hybridized carbons (Fsp3) is 0.643. The first kappa shape index (κ1) is 13.3. The molecule has 0 atom stereocenters. The highest BCUT2D eigenvalue weighted by Gasteiger charge is 2.20. The molecule has 0 radical (unpaired) electrons. The van der Waals surface area contributed by atoms with Crippen molar-refractivity contribution in [2.45, 2.75) is 19.3 Å². The van der Waals surface area contributed by atoms with E-state index in [0.29, 0.717) is 32.0 Å². The molecule has 20 heavy (non-hydrogen) atoms. The number of amides is 1. The minimum Gasteiger partial charge on any atom is -0.378 e. The second-order valence-electron chi connectivity index (χ2n) is 5.23. The van der Waals surface area contributed by atoms with Gasteiger partial charge in [-0.15, -0.1) is 10.2 Å². The fourth-order valence-corrected chi connectivity index (χ4v) is 2.66. The fourth-order valence-electron chi connectivity index (χ4n) is 2.66. The van der Waals surface area contributed by atoms with Gasteiger partial charge in [0.2, 0.25) is 0 Å². The maximum absolute atomic E-state index is 12.2. The molecule has 0 unspecified atom stereocenters. The molecule has 1 aromatic heterocycles. The van der Waals surface area contributed by atoms with E-state index in [2.05, 4.69) is 15.1 Å². The predicted octanol–water partition coefficient (Wildman–Crippen LogP) is 0.939. The molecule has 108 valence electrons. The topological polar surface area (TPSA) is 58.6 Å². The molecule has 2 fully saturated rings. The molecule has 2 aliphatic heterocycles. The van der Waals surface area contributed by atoms with E-state index in [1.54, 1.807) is 11.0 Å². The van der Waals surface area contributed by atoms with Crippen LogP contribution in [0, 0.1) is 0 Å². The SMILES string of the molecule is O=C(c1ccc(N2CCCCC2)nn1)N1CCOCC1. The van der Waals surface area contributed by atoms with Crippen LogP contribution in [-0.4, -0.2) is 60.4 Å². The van der Waals surface area contributed by atoms with Crippen molar-refractivity contribution in [1.82, 2.24) is 15.1 Å². The number of hydrogen-bond donors (Lipinski definition) is 0. The molecule has 0 aliphatic carbocycles. The molecule has 3 rings (SSSR count). The average molecular weight is 276 g/mol. The average Bonchev–Trinajstić information content (AvgIpc) is 2.56. The first-order valence-corrected chi connectivity index (χ1v) is 7.30. The van der Waals surface area contributed by atoms with Crippen molar-refractivity contribution in [1.29, 1.82) is 0 Å². The van der Waals surface area contributed by atoms with Crippen molar-refractivity contribution in [2.24, 2.45) is 0 Å². The summed E-state index contributed by atoms with van der Waals surface area (Å²) in [6.45, 7) is 4.54. The molecule has 6 heteroatoms. The van der Waals surface area contributed by atoms with Gasteiger partial charge >= 0.3 is 0 Å². The van der Waals surface area contributed by atoms with E-state index in [1.165, 1.54) is 19.3 Å². The molecule has 0 aromatic carbocycles. The van der Waals surface area contributed by atoms with Gasteiger partial charge in [-0.3, -0.25) is 4.79 Å². The van der Waals surface area contributed by atoms with E-state index < -0.39 is 0 Å². The van der Waals surface area contributed by atoms with Gasteiger partial charge in [0, 0.05) is 26.2 Å². The summed E-state index contributed by atoms with van der Waals surface area (Å²) in [6.07, 6.45) is 3.70. The van der Waals surface area contributed by atoms with Crippen LogP contribution >= 0.6 is 0 Å². The summed E-state index contributed by atoms with van der Waals surface area (Å²) in [5, 5.41) is 8.32. The first-order chi connectivity index (χ1) is 9.84. The van der Waals surface area contributed by atoms with Crippen molar-refractivity contribution in [2.75, 3.05) is 44.3 Å². The Balaban J connectivity index is 1.67. The van der Waals surface area contributed by atoms with E-state index in [0.717, 1.165) is 18.9 Å². The van der Waals surface area contributed by atoms with Crippen LogP contribution in [0.4, 0.5) is 5.82 Å². The summed E-state index contributed by atoms with van der Waals surface area (Å²) < 4.78 is 5.25. The maximum atomic E-state index is 12.2. The Bertz CT molecular complexity index is 451. The molecule has 2 aliphatic rings. The number of carbonyl (C=O) groups excluding carboxylic acids is 1. The Morgan fingerprint density at radius 3 is 2.40 bits per heavy atom. The second kappa shape index (κ2) is 6.17. The third-order valence-corrected chi connectivity index (χ3v) is 3.85.